The van der Waals surface area contributed by atoms with Crippen molar-refractivity contribution < 1.29 is 9.67 Å². The molecule has 0 aliphatic heterocycles. The lowest BCUT2D eigenvalue weighted by Gasteiger charge is -2.02. The zero-order valence-corrected chi connectivity index (χ0v) is 5.61. The number of aliphatic hydroxyl groups excluding tert-OH is 1. The predicted octanol–water partition coefficient (Wildman–Crippen LogP) is 0.949. The van der Waals surface area contributed by atoms with Crippen molar-refractivity contribution in [1.82, 2.24) is 0 Å². The summed E-state index contributed by atoms with van der Waals surface area (Å²) in [4.78, 5) is 0. The van der Waals surface area contributed by atoms with Crippen LogP contribution in [0.15, 0.2) is 0 Å². The molecule has 3 heteroatoms. The Balaban J connectivity index is 3.61. The molecule has 0 aromatic carbocycles. The van der Waals surface area contributed by atoms with Crippen LogP contribution in [0, 0.1) is 0 Å². The Kier molecular flexibility index (Phi) is 2.55. The van der Waals surface area contributed by atoms with Crippen LogP contribution in [0.5, 0.6) is 0 Å². The van der Waals surface area contributed by atoms with Crippen LogP contribution < -0.4 is 0 Å². The first-order chi connectivity index (χ1) is 3.12. The van der Waals surface area contributed by atoms with Crippen LogP contribution in [0.2, 0.25) is 0 Å². The molecule has 0 heterocycles. The fraction of sp³-hybridized carbons (Fsp3) is 1.00. The largest absolute Gasteiger partial charge is 0.389 e. The van der Waals surface area contributed by atoms with Crippen molar-refractivity contribution in [2.75, 3.05) is 19.2 Å². The molecule has 0 bridgehead atoms. The third-order valence-corrected chi connectivity index (χ3v) is 2.90. The van der Waals surface area contributed by atoms with Gasteiger partial charge in [-0.2, -0.15) is 0 Å². The quantitative estimate of drug-likeness (QED) is 0.553. The molecule has 0 radical (unpaired) electrons. The molecular formula is C4H11O2P. The lowest BCUT2D eigenvalue weighted by atomic mass is 11.0. The minimum Gasteiger partial charge on any atom is -0.389 e. The van der Waals surface area contributed by atoms with Crippen molar-refractivity contribution in [3.05, 3.63) is 0 Å². The molecule has 0 saturated carbocycles. The fourth-order valence-electron chi connectivity index (χ4n) is 0.1000. The molecule has 0 saturated heterocycles. The highest BCUT2D eigenvalue weighted by Gasteiger charge is 2.07. The van der Waals surface area contributed by atoms with Crippen LogP contribution in [0.3, 0.4) is 0 Å². The highest BCUT2D eigenvalue weighted by molar-refractivity contribution is 7.62. The topological polar surface area (TPSA) is 37.3 Å². The Morgan fingerprint density at radius 1 is 1.71 bits per heavy atom. The van der Waals surface area contributed by atoms with Gasteiger partial charge < -0.3 is 9.67 Å². The van der Waals surface area contributed by atoms with Crippen LogP contribution >= 0.6 is 7.14 Å². The summed E-state index contributed by atoms with van der Waals surface area (Å²) in [7, 11) is -2.10. The molecule has 44 valence electrons. The first-order valence-corrected chi connectivity index (χ1v) is 4.81. The van der Waals surface area contributed by atoms with Crippen molar-refractivity contribution in [2.24, 2.45) is 0 Å². The second-order valence-corrected chi connectivity index (χ2v) is 5.26. The molecule has 0 amide bonds. The van der Waals surface area contributed by atoms with Gasteiger partial charge in [-0.3, -0.25) is 0 Å². The molecule has 1 N–H and O–H groups in total. The second kappa shape index (κ2) is 2.49. The average Bonchev–Trinajstić information content (AvgIpc) is 1.68. The summed E-state index contributed by atoms with van der Waals surface area (Å²) in [6.07, 6.45) is 0.451. The summed E-state index contributed by atoms with van der Waals surface area (Å²) in [6, 6.07) is 0. The minimum absolute atomic E-state index is 0.149. The van der Waals surface area contributed by atoms with Gasteiger partial charge in [0.15, 0.2) is 0 Å². The number of aliphatic hydroxyl groups is 1. The summed E-state index contributed by atoms with van der Waals surface area (Å²) >= 11 is 0. The molecule has 0 fully saturated rings. The molecular weight excluding hydrogens is 111 g/mol. The van der Waals surface area contributed by atoms with E-state index in [2.05, 4.69) is 0 Å². The SMILES string of the molecule is CCP(C)(=O)CO. The maximum Gasteiger partial charge on any atom is 0.109 e. The summed E-state index contributed by atoms with van der Waals surface area (Å²) in [5, 5.41) is 8.33. The third kappa shape index (κ3) is 2.84. The van der Waals surface area contributed by atoms with Crippen LogP contribution in [0.25, 0.3) is 0 Å². The molecule has 0 rings (SSSR count). The number of hydrogen-bond donors (Lipinski definition) is 1. The van der Waals surface area contributed by atoms with Gasteiger partial charge in [0, 0.05) is 0 Å². The van der Waals surface area contributed by atoms with E-state index in [-0.39, 0.29) is 6.35 Å². The minimum atomic E-state index is -2.10. The molecule has 0 aliphatic carbocycles. The van der Waals surface area contributed by atoms with Gasteiger partial charge in [-0.15, -0.1) is 0 Å². The van der Waals surface area contributed by atoms with E-state index >= 15 is 0 Å². The van der Waals surface area contributed by atoms with E-state index in [1.54, 1.807) is 6.66 Å². The zero-order valence-electron chi connectivity index (χ0n) is 4.72. The molecule has 7 heavy (non-hydrogen) atoms. The molecule has 1 atom stereocenters. The van der Waals surface area contributed by atoms with Crippen molar-refractivity contribution >= 4 is 7.14 Å². The van der Waals surface area contributed by atoms with E-state index in [9.17, 15) is 4.57 Å². The Labute approximate surface area is 43.9 Å². The van der Waals surface area contributed by atoms with Crippen molar-refractivity contribution in [2.45, 2.75) is 6.92 Å². The molecule has 1 unspecified atom stereocenters. The van der Waals surface area contributed by atoms with Gasteiger partial charge in [0.2, 0.25) is 0 Å². The van der Waals surface area contributed by atoms with Crippen LogP contribution in [0.4, 0.5) is 0 Å². The van der Waals surface area contributed by atoms with Crippen LogP contribution in [0.1, 0.15) is 6.92 Å². The van der Waals surface area contributed by atoms with E-state index < -0.39 is 7.14 Å². The molecule has 0 aromatic rings. The Morgan fingerprint density at radius 3 is 2.14 bits per heavy atom. The van der Waals surface area contributed by atoms with E-state index in [1.807, 2.05) is 6.92 Å². The summed E-state index contributed by atoms with van der Waals surface area (Å²) in [5.74, 6) is 0. The third-order valence-electron chi connectivity index (χ3n) is 0.968. The van der Waals surface area contributed by atoms with E-state index in [1.165, 1.54) is 0 Å². The van der Waals surface area contributed by atoms with Gasteiger partial charge in [0.25, 0.3) is 0 Å². The average molecular weight is 122 g/mol. The Morgan fingerprint density at radius 2 is 2.14 bits per heavy atom. The maximum absolute atomic E-state index is 10.7. The monoisotopic (exact) mass is 122 g/mol. The van der Waals surface area contributed by atoms with Gasteiger partial charge in [0.1, 0.15) is 7.14 Å². The van der Waals surface area contributed by atoms with Gasteiger partial charge >= 0.3 is 0 Å². The molecule has 0 aromatic heterocycles. The van der Waals surface area contributed by atoms with Gasteiger partial charge in [-0.1, -0.05) is 6.92 Å². The Hall–Kier alpha value is 0.190. The summed E-state index contributed by atoms with van der Waals surface area (Å²) in [6.45, 7) is 3.42. The van der Waals surface area contributed by atoms with Gasteiger partial charge in [-0.05, 0) is 12.8 Å². The van der Waals surface area contributed by atoms with Gasteiger partial charge in [0.05, 0.1) is 6.35 Å². The standard InChI is InChI=1S/C4H11O2P/c1-3-7(2,6)4-5/h5H,3-4H2,1-2H3. The van der Waals surface area contributed by atoms with Crippen molar-refractivity contribution in [1.29, 1.82) is 0 Å². The van der Waals surface area contributed by atoms with Crippen molar-refractivity contribution in [3.63, 3.8) is 0 Å². The Bertz CT molecular complexity index is 81.7. The summed E-state index contributed by atoms with van der Waals surface area (Å²) < 4.78 is 10.7. The fourth-order valence-corrected chi connectivity index (χ4v) is 0.300. The van der Waals surface area contributed by atoms with Crippen LogP contribution in [-0.4, -0.2) is 24.3 Å². The van der Waals surface area contributed by atoms with E-state index in [0.29, 0.717) is 6.16 Å². The van der Waals surface area contributed by atoms with E-state index in [0.717, 1.165) is 0 Å². The molecule has 2 nitrogen and oxygen atoms in total. The van der Waals surface area contributed by atoms with Gasteiger partial charge in [-0.25, -0.2) is 0 Å². The van der Waals surface area contributed by atoms with Crippen molar-refractivity contribution in [3.8, 4) is 0 Å². The number of hydrogen-bond acceptors (Lipinski definition) is 2. The number of rotatable bonds is 2. The van der Waals surface area contributed by atoms with Crippen LogP contribution in [-0.2, 0) is 4.57 Å². The first kappa shape index (κ1) is 7.19. The second-order valence-electron chi connectivity index (χ2n) is 1.75. The van der Waals surface area contributed by atoms with E-state index in [4.69, 9.17) is 5.11 Å². The normalized spacial score (nSPS) is 18.7. The maximum atomic E-state index is 10.7. The lowest BCUT2D eigenvalue weighted by Crippen LogP contribution is -1.86. The molecule has 0 spiro atoms. The predicted molar refractivity (Wildman–Crippen MR) is 31.2 cm³/mol. The molecule has 0 aliphatic rings. The smallest absolute Gasteiger partial charge is 0.109 e. The highest BCUT2D eigenvalue weighted by Crippen LogP contribution is 2.38. The first-order valence-electron chi connectivity index (χ1n) is 2.29. The highest BCUT2D eigenvalue weighted by atomic mass is 31.2. The zero-order chi connectivity index (χ0) is 5.91. The summed E-state index contributed by atoms with van der Waals surface area (Å²) in [5.41, 5.74) is 0. The lowest BCUT2D eigenvalue weighted by molar-refractivity contribution is 0.359.